The summed E-state index contributed by atoms with van der Waals surface area (Å²) in [6.45, 7) is 1.54. The molecule has 0 saturated heterocycles. The molecule has 122 valence electrons. The van der Waals surface area contributed by atoms with Crippen molar-refractivity contribution in [3.05, 3.63) is 60.2 Å². The van der Waals surface area contributed by atoms with Crippen molar-refractivity contribution >= 4 is 25.4 Å². The van der Waals surface area contributed by atoms with Crippen molar-refractivity contribution in [2.75, 3.05) is 7.11 Å². The molecule has 0 bridgehead atoms. The summed E-state index contributed by atoms with van der Waals surface area (Å²) < 4.78 is 25.2. The van der Waals surface area contributed by atoms with Crippen LogP contribution in [-0.4, -0.2) is 34.2 Å². The van der Waals surface area contributed by atoms with E-state index in [0.717, 1.165) is 15.8 Å². The van der Waals surface area contributed by atoms with E-state index in [-0.39, 0.29) is 21.6 Å². The molecule has 0 aliphatic heterocycles. The normalized spacial score (nSPS) is 13.2. The second-order valence-electron chi connectivity index (χ2n) is 4.98. The number of methoxy groups -OCH3 is 1. The summed E-state index contributed by atoms with van der Waals surface area (Å²) in [7, 11) is 1.59. The molecule has 0 fully saturated rings. The van der Waals surface area contributed by atoms with E-state index in [2.05, 4.69) is 0 Å². The zero-order chi connectivity index (χ0) is 16.7. The van der Waals surface area contributed by atoms with E-state index in [1.54, 1.807) is 19.2 Å². The molecule has 0 heterocycles. The van der Waals surface area contributed by atoms with E-state index in [9.17, 15) is 9.18 Å². The Morgan fingerprint density at radius 2 is 1.78 bits per heavy atom. The molecule has 2 aromatic carbocycles. The zero-order valence-corrected chi connectivity index (χ0v) is 14.8. The van der Waals surface area contributed by atoms with Crippen molar-refractivity contribution in [1.29, 1.82) is 0 Å². The summed E-state index contributed by atoms with van der Waals surface area (Å²) in [6.07, 6.45) is -1.24. The number of rotatable bonds is 7. The van der Waals surface area contributed by atoms with Crippen LogP contribution in [0.2, 0.25) is 4.82 Å². The van der Waals surface area contributed by atoms with Gasteiger partial charge in [0.05, 0.1) is 0 Å². The van der Waals surface area contributed by atoms with E-state index >= 15 is 0 Å². The predicted molar refractivity (Wildman–Crippen MR) is 88.9 cm³/mol. The monoisotopic (exact) mass is 382 g/mol. The van der Waals surface area contributed by atoms with Crippen LogP contribution in [0.15, 0.2) is 54.6 Å². The van der Waals surface area contributed by atoms with Crippen molar-refractivity contribution in [2.24, 2.45) is 0 Å². The van der Waals surface area contributed by atoms with E-state index in [4.69, 9.17) is 9.47 Å². The molecule has 0 saturated carbocycles. The van der Waals surface area contributed by atoms with Gasteiger partial charge < -0.3 is 0 Å². The number of hydrogen-bond acceptors (Lipinski definition) is 3. The predicted octanol–water partition coefficient (Wildman–Crippen LogP) is 2.91. The number of halogens is 1. The molecule has 3 nitrogen and oxygen atoms in total. The van der Waals surface area contributed by atoms with E-state index in [0.29, 0.717) is 0 Å². The Bertz CT molecular complexity index is 614. The van der Waals surface area contributed by atoms with Gasteiger partial charge in [-0.15, -0.1) is 0 Å². The molecule has 2 aromatic rings. The summed E-state index contributed by atoms with van der Waals surface area (Å²) in [5.41, 5.74) is 0.844. The Kier molecular flexibility index (Phi) is 6.63. The molecule has 2 rings (SSSR count). The van der Waals surface area contributed by atoms with Crippen LogP contribution in [0.4, 0.5) is 4.39 Å². The van der Waals surface area contributed by atoms with Crippen LogP contribution in [0, 0.1) is 0 Å². The standard InChI is InChI=1S/C18H19FO3Se/c1-13(19)17(23-16-6-4-3-5-7-16)18(20)22-12-14-8-10-15(21-2)11-9-14/h3-11,13,17H,12H2,1-2H3. The van der Waals surface area contributed by atoms with Gasteiger partial charge >= 0.3 is 142 Å². The van der Waals surface area contributed by atoms with Crippen LogP contribution in [0.1, 0.15) is 12.5 Å². The third-order valence-electron chi connectivity index (χ3n) is 3.20. The van der Waals surface area contributed by atoms with Gasteiger partial charge in [-0.05, 0) is 0 Å². The zero-order valence-electron chi connectivity index (χ0n) is 13.1. The van der Waals surface area contributed by atoms with Crippen LogP contribution >= 0.6 is 0 Å². The van der Waals surface area contributed by atoms with Gasteiger partial charge in [-0.25, -0.2) is 0 Å². The summed E-state index contributed by atoms with van der Waals surface area (Å²) in [5.74, 6) is 0.252. The number of alkyl halides is 1. The van der Waals surface area contributed by atoms with Gasteiger partial charge in [0.15, 0.2) is 0 Å². The molecular weight excluding hydrogens is 362 g/mol. The molecule has 0 N–H and O–H groups in total. The van der Waals surface area contributed by atoms with E-state index < -0.39 is 17.0 Å². The Morgan fingerprint density at radius 1 is 1.13 bits per heavy atom. The van der Waals surface area contributed by atoms with Crippen molar-refractivity contribution in [2.45, 2.75) is 24.5 Å². The molecule has 0 amide bonds. The van der Waals surface area contributed by atoms with Gasteiger partial charge in [-0.2, -0.15) is 0 Å². The fourth-order valence-corrected chi connectivity index (χ4v) is 3.95. The van der Waals surface area contributed by atoms with Crippen LogP contribution in [0.3, 0.4) is 0 Å². The fraction of sp³-hybridized carbons (Fsp3) is 0.278. The minimum absolute atomic E-state index is 0.136. The first kappa shape index (κ1) is 17.5. The molecular formula is C18H19FO3Se. The van der Waals surface area contributed by atoms with Crippen molar-refractivity contribution in [3.8, 4) is 5.75 Å². The van der Waals surface area contributed by atoms with Gasteiger partial charge in [-0.1, -0.05) is 0 Å². The van der Waals surface area contributed by atoms with Gasteiger partial charge in [0.25, 0.3) is 0 Å². The first-order valence-corrected chi connectivity index (χ1v) is 9.10. The maximum atomic E-state index is 13.8. The maximum absolute atomic E-state index is 13.8. The Balaban J connectivity index is 1.95. The van der Waals surface area contributed by atoms with E-state index in [1.165, 1.54) is 6.92 Å². The molecule has 0 radical (unpaired) electrons. The van der Waals surface area contributed by atoms with Crippen molar-refractivity contribution < 1.29 is 18.7 Å². The van der Waals surface area contributed by atoms with Crippen molar-refractivity contribution in [3.63, 3.8) is 0 Å². The second kappa shape index (κ2) is 8.70. The first-order valence-electron chi connectivity index (χ1n) is 7.25. The Labute approximate surface area is 142 Å². The minimum atomic E-state index is -1.24. The van der Waals surface area contributed by atoms with Crippen molar-refractivity contribution in [1.82, 2.24) is 0 Å². The Hall–Kier alpha value is -1.84. The van der Waals surface area contributed by atoms with Crippen LogP contribution < -0.4 is 9.20 Å². The first-order chi connectivity index (χ1) is 11.1. The Morgan fingerprint density at radius 3 is 2.35 bits per heavy atom. The summed E-state index contributed by atoms with van der Waals surface area (Å²) in [6, 6.07) is 16.7. The fourth-order valence-electron chi connectivity index (χ4n) is 1.93. The average molecular weight is 381 g/mol. The number of carbonyl (C=O) groups excluding carboxylic acids is 1. The third kappa shape index (κ3) is 5.38. The molecule has 2 unspecified atom stereocenters. The second-order valence-corrected chi connectivity index (χ2v) is 7.53. The molecule has 0 spiro atoms. The number of hydrogen-bond donors (Lipinski definition) is 0. The quantitative estimate of drug-likeness (QED) is 0.547. The molecule has 0 aliphatic carbocycles. The number of carbonyl (C=O) groups is 1. The topological polar surface area (TPSA) is 35.5 Å². The third-order valence-corrected chi connectivity index (χ3v) is 6.06. The van der Waals surface area contributed by atoms with Crippen LogP contribution in [-0.2, 0) is 16.1 Å². The number of ether oxygens (including phenoxy) is 2. The van der Waals surface area contributed by atoms with Gasteiger partial charge in [0.2, 0.25) is 0 Å². The summed E-state index contributed by atoms with van der Waals surface area (Å²) in [4.78, 5) is 11.5. The van der Waals surface area contributed by atoms with Gasteiger partial charge in [0.1, 0.15) is 0 Å². The summed E-state index contributed by atoms with van der Waals surface area (Å²) >= 11 is -0.299. The average Bonchev–Trinajstić information content (AvgIpc) is 2.58. The van der Waals surface area contributed by atoms with E-state index in [1.807, 2.05) is 42.5 Å². The van der Waals surface area contributed by atoms with Gasteiger partial charge in [-0.3, -0.25) is 0 Å². The number of esters is 1. The molecule has 2 atom stereocenters. The van der Waals surface area contributed by atoms with Crippen LogP contribution in [0.5, 0.6) is 5.75 Å². The van der Waals surface area contributed by atoms with Gasteiger partial charge in [0, 0.05) is 0 Å². The molecule has 23 heavy (non-hydrogen) atoms. The van der Waals surface area contributed by atoms with Crippen LogP contribution in [0.25, 0.3) is 0 Å². The SMILES string of the molecule is COc1ccc(COC(=O)C([Se]c2ccccc2)C(C)F)cc1. The number of benzene rings is 2. The molecule has 5 heteroatoms. The molecule has 0 aliphatic rings. The molecule has 0 aromatic heterocycles. The summed E-state index contributed by atoms with van der Waals surface area (Å²) in [5, 5.41) is 0.